The second-order valence-electron chi connectivity index (χ2n) is 15.1. The maximum Gasteiger partial charge on any atom is 0.120 e. The van der Waals surface area contributed by atoms with Crippen molar-refractivity contribution in [2.24, 2.45) is 23.7 Å². The Morgan fingerprint density at radius 1 is 0.766 bits per heavy atom. The Morgan fingerprint density at radius 2 is 1.47 bits per heavy atom. The summed E-state index contributed by atoms with van der Waals surface area (Å²) in [5.74, 6) is 4.47. The van der Waals surface area contributed by atoms with Crippen molar-refractivity contribution >= 4 is 35.2 Å². The summed E-state index contributed by atoms with van der Waals surface area (Å²) < 4.78 is 6.50. The van der Waals surface area contributed by atoms with Crippen LogP contribution < -0.4 is 5.19 Å². The molecule has 0 N–H and O–H groups in total. The van der Waals surface area contributed by atoms with Gasteiger partial charge in [-0.25, -0.2) is 0 Å². The quantitative estimate of drug-likeness (QED) is 0.132. The van der Waals surface area contributed by atoms with Crippen LogP contribution in [0.1, 0.15) is 49.1 Å². The molecule has 4 saturated carbocycles. The summed E-state index contributed by atoms with van der Waals surface area (Å²) in [6.07, 6.45) is 11.1. The van der Waals surface area contributed by atoms with Crippen LogP contribution in [0.4, 0.5) is 0 Å². The van der Waals surface area contributed by atoms with Crippen molar-refractivity contribution in [3.05, 3.63) is 115 Å². The first-order chi connectivity index (χ1) is 22.3. The van der Waals surface area contributed by atoms with Crippen LogP contribution in [0, 0.1) is 42.7 Å². The maximum atomic E-state index is 6.50. The fraction of sp³-hybridized carbons (Fsp3) is 0.333. The number of para-hydroxylation sites is 1. The van der Waals surface area contributed by atoms with Gasteiger partial charge in [-0.15, -0.1) is 53.2 Å². The van der Waals surface area contributed by atoms with Crippen LogP contribution in [0.15, 0.2) is 95.7 Å². The minimum absolute atomic E-state index is 0. The number of rotatable bonds is 4. The zero-order valence-corrected chi connectivity index (χ0v) is 31.1. The number of hydrogen-bond acceptors (Lipinski definition) is 3. The molecule has 5 heteroatoms. The zero-order chi connectivity index (χ0) is 31.4. The normalized spacial score (nSPS) is 22.9. The fourth-order valence-corrected chi connectivity index (χ4v) is 10.6. The summed E-state index contributed by atoms with van der Waals surface area (Å²) in [6, 6.07) is 34.1. The number of aryl methyl sites for hydroxylation is 1. The Labute approximate surface area is 293 Å². The van der Waals surface area contributed by atoms with Crippen LogP contribution in [-0.4, -0.2) is 18.0 Å². The van der Waals surface area contributed by atoms with Crippen molar-refractivity contribution in [2.75, 3.05) is 0 Å². The topological polar surface area (TPSA) is 38.9 Å². The monoisotopic (exact) mass is 811 g/mol. The molecule has 241 valence electrons. The van der Waals surface area contributed by atoms with Gasteiger partial charge in [-0.3, -0.25) is 0 Å². The van der Waals surface area contributed by atoms with E-state index in [9.17, 15) is 0 Å². The summed E-state index contributed by atoms with van der Waals surface area (Å²) in [7, 11) is -1.57. The van der Waals surface area contributed by atoms with Gasteiger partial charge in [0.2, 0.25) is 0 Å². The average molecular weight is 811 g/mol. The molecule has 0 unspecified atom stereocenters. The van der Waals surface area contributed by atoms with Crippen molar-refractivity contribution in [1.29, 1.82) is 0 Å². The minimum Gasteiger partial charge on any atom is -0.501 e. The van der Waals surface area contributed by atoms with Gasteiger partial charge in [0.05, 0.1) is 5.58 Å². The number of pyridine rings is 2. The largest absolute Gasteiger partial charge is 0.501 e. The van der Waals surface area contributed by atoms with E-state index in [1.807, 2.05) is 42.7 Å². The minimum atomic E-state index is -1.57. The first kappa shape index (κ1) is 32.2. The number of nitrogens with zero attached hydrogens (tertiary/aromatic N) is 2. The molecule has 0 spiro atoms. The number of aromatic nitrogens is 2. The van der Waals surface area contributed by atoms with E-state index in [-0.39, 0.29) is 20.1 Å². The van der Waals surface area contributed by atoms with Crippen molar-refractivity contribution in [2.45, 2.75) is 64.6 Å². The smallest absolute Gasteiger partial charge is 0.120 e. The van der Waals surface area contributed by atoms with E-state index in [0.29, 0.717) is 5.92 Å². The molecule has 4 fully saturated rings. The zero-order valence-electron chi connectivity index (χ0n) is 27.7. The predicted molar refractivity (Wildman–Crippen MR) is 192 cm³/mol. The van der Waals surface area contributed by atoms with E-state index in [1.165, 1.54) is 59.2 Å². The molecule has 0 atom stereocenters. The van der Waals surface area contributed by atoms with Gasteiger partial charge in [-0.1, -0.05) is 66.5 Å². The second-order valence-corrected chi connectivity index (χ2v) is 20.1. The van der Waals surface area contributed by atoms with Gasteiger partial charge in [0.15, 0.2) is 0 Å². The van der Waals surface area contributed by atoms with Crippen molar-refractivity contribution < 1.29 is 24.5 Å². The molecule has 3 aromatic heterocycles. The van der Waals surface area contributed by atoms with Gasteiger partial charge in [-0.05, 0) is 104 Å². The Morgan fingerprint density at radius 3 is 2.17 bits per heavy atom. The molecular weight excluding hydrogens is 769 g/mol. The molecule has 10 rings (SSSR count). The molecule has 47 heavy (non-hydrogen) atoms. The fourth-order valence-electron chi connectivity index (χ4n) is 9.05. The van der Waals surface area contributed by atoms with Crippen molar-refractivity contribution in [3.63, 3.8) is 0 Å². The molecule has 4 aliphatic rings. The van der Waals surface area contributed by atoms with E-state index in [2.05, 4.69) is 92.2 Å². The molecule has 4 bridgehead atoms. The Balaban J connectivity index is 0.000000212. The van der Waals surface area contributed by atoms with Crippen LogP contribution in [0.5, 0.6) is 0 Å². The van der Waals surface area contributed by atoms with Gasteiger partial charge in [0.1, 0.15) is 5.58 Å². The molecular formula is C42H42IrN2OSi-2. The summed E-state index contributed by atoms with van der Waals surface area (Å²) in [4.78, 5) is 9.13. The Kier molecular flexibility index (Phi) is 8.84. The van der Waals surface area contributed by atoms with Crippen LogP contribution >= 0.6 is 0 Å². The molecule has 3 heterocycles. The third-order valence-corrected chi connectivity index (χ3v) is 12.8. The molecule has 4 aliphatic carbocycles. The van der Waals surface area contributed by atoms with Gasteiger partial charge < -0.3 is 14.4 Å². The van der Waals surface area contributed by atoms with Crippen LogP contribution in [0.25, 0.3) is 44.5 Å². The Bertz CT molecular complexity index is 2000. The van der Waals surface area contributed by atoms with E-state index in [1.54, 1.807) is 0 Å². The van der Waals surface area contributed by atoms with E-state index in [4.69, 9.17) is 9.40 Å². The van der Waals surface area contributed by atoms with Crippen LogP contribution in [0.3, 0.4) is 0 Å². The van der Waals surface area contributed by atoms with Gasteiger partial charge >= 0.3 is 0 Å². The van der Waals surface area contributed by atoms with Crippen LogP contribution in [-0.2, 0) is 20.1 Å². The third-order valence-electron chi connectivity index (χ3n) is 10.8. The number of hydrogen-bond donors (Lipinski definition) is 0. The first-order valence-electron chi connectivity index (χ1n) is 17.0. The van der Waals surface area contributed by atoms with Gasteiger partial charge in [0.25, 0.3) is 0 Å². The average Bonchev–Trinajstić information content (AvgIpc) is 3.44. The van der Waals surface area contributed by atoms with Crippen molar-refractivity contribution in [3.8, 4) is 22.5 Å². The summed E-state index contributed by atoms with van der Waals surface area (Å²) in [5.41, 5.74) is 8.73. The molecule has 1 radical (unpaired) electrons. The molecule has 3 aromatic carbocycles. The summed E-state index contributed by atoms with van der Waals surface area (Å²) >= 11 is 0. The molecule has 3 nitrogen and oxygen atoms in total. The number of fused-ring (bicyclic) bond motifs is 3. The maximum absolute atomic E-state index is 6.50. The molecule has 0 aliphatic heterocycles. The van der Waals surface area contributed by atoms with E-state index < -0.39 is 8.07 Å². The van der Waals surface area contributed by atoms with E-state index in [0.717, 1.165) is 57.4 Å². The van der Waals surface area contributed by atoms with Gasteiger partial charge in [-0.2, -0.15) is 0 Å². The Hall–Kier alpha value is -3.37. The number of furan rings is 1. The van der Waals surface area contributed by atoms with Gasteiger partial charge in [0, 0.05) is 46.0 Å². The molecule has 0 amide bonds. The standard InChI is InChI=1S/C30H32NOSi.C12H10N.Ir/c1-33(2,3)27-9-8-23(30-29(27)24-6-4-5-7-26(24)32-30)25-17-20(10-11-31-25)28-21-13-18-12-19(15-21)16-22(28)14-18;1-10-7-8-13-12(9-10)11-5-3-2-4-6-11;/h4-7,9-11,17-19,21-22,28H,12-16H2,1-3H3;2-5,7-9H,1H3;/q2*-1;. The molecule has 0 saturated heterocycles. The molecule has 6 aromatic rings. The second kappa shape index (κ2) is 12.9. The third kappa shape index (κ3) is 6.19. The SMILES string of the molecule is C[Si](C)(C)c1c[c-]c(-c2cc(C3C4CC5CC(C4)CC3C5)ccn2)c2oc3ccccc3c12.Cc1ccnc(-c2[c-]cccc2)c1.[Ir]. The first-order valence-corrected chi connectivity index (χ1v) is 20.5. The van der Waals surface area contributed by atoms with E-state index >= 15 is 0 Å². The van der Waals surface area contributed by atoms with Crippen LogP contribution in [0.2, 0.25) is 19.6 Å². The van der Waals surface area contributed by atoms with Crippen molar-refractivity contribution in [1.82, 2.24) is 9.97 Å². The number of benzene rings is 3. The summed E-state index contributed by atoms with van der Waals surface area (Å²) in [5, 5.41) is 3.92. The summed E-state index contributed by atoms with van der Waals surface area (Å²) in [6.45, 7) is 9.28. The predicted octanol–water partition coefficient (Wildman–Crippen LogP) is 10.4.